The molecule has 0 aliphatic heterocycles. The SMILES string of the molecule is CCCCC[C@H](NC(=O)[C@@H](C)CCC(=O)NCCC)C(O)C(=O)NCc1ccccc1. The number of unbranched alkanes of at least 4 members (excludes halogenated alkanes) is 2. The molecule has 3 atom stereocenters. The summed E-state index contributed by atoms with van der Waals surface area (Å²) in [7, 11) is 0. The number of hydrogen-bond acceptors (Lipinski definition) is 4. The summed E-state index contributed by atoms with van der Waals surface area (Å²) in [6.45, 7) is 6.75. The van der Waals surface area contributed by atoms with Gasteiger partial charge in [-0.05, 0) is 24.8 Å². The van der Waals surface area contributed by atoms with Gasteiger partial charge in [-0.1, -0.05) is 70.4 Å². The molecule has 0 bridgehead atoms. The number of benzene rings is 1. The van der Waals surface area contributed by atoms with E-state index in [2.05, 4.69) is 22.9 Å². The van der Waals surface area contributed by atoms with Crippen molar-refractivity contribution in [2.75, 3.05) is 6.54 Å². The third-order valence-electron chi connectivity index (χ3n) is 5.23. The molecule has 3 amide bonds. The van der Waals surface area contributed by atoms with E-state index in [0.717, 1.165) is 31.2 Å². The summed E-state index contributed by atoms with van der Waals surface area (Å²) >= 11 is 0. The molecular weight excluding hydrogens is 394 g/mol. The highest BCUT2D eigenvalue weighted by Crippen LogP contribution is 2.12. The van der Waals surface area contributed by atoms with Crippen LogP contribution in [0.2, 0.25) is 0 Å². The molecule has 1 unspecified atom stereocenters. The average Bonchev–Trinajstić information content (AvgIpc) is 2.79. The van der Waals surface area contributed by atoms with Crippen molar-refractivity contribution in [3.05, 3.63) is 35.9 Å². The van der Waals surface area contributed by atoms with E-state index in [9.17, 15) is 19.5 Å². The second kappa shape index (κ2) is 15.4. The van der Waals surface area contributed by atoms with Gasteiger partial charge in [-0.3, -0.25) is 14.4 Å². The summed E-state index contributed by atoms with van der Waals surface area (Å²) in [5.74, 6) is -1.21. The van der Waals surface area contributed by atoms with Crippen molar-refractivity contribution in [1.82, 2.24) is 16.0 Å². The molecule has 4 N–H and O–H groups in total. The highest BCUT2D eigenvalue weighted by Gasteiger charge is 2.28. The smallest absolute Gasteiger partial charge is 0.251 e. The lowest BCUT2D eigenvalue weighted by Crippen LogP contribution is -2.51. The second-order valence-corrected chi connectivity index (χ2v) is 8.05. The van der Waals surface area contributed by atoms with Crippen LogP contribution in [0.3, 0.4) is 0 Å². The van der Waals surface area contributed by atoms with E-state index < -0.39 is 18.1 Å². The van der Waals surface area contributed by atoms with E-state index in [1.165, 1.54) is 0 Å². The molecule has 0 heterocycles. The van der Waals surface area contributed by atoms with Crippen LogP contribution in [-0.2, 0) is 20.9 Å². The molecule has 0 saturated heterocycles. The standard InChI is InChI=1S/C24H39N3O4/c1-4-6-8-13-20(22(29)24(31)26-17-19-11-9-7-10-12-19)27-23(30)18(3)14-15-21(28)25-16-5-2/h7,9-12,18,20,22,29H,4-6,8,13-17H2,1-3H3,(H,25,28)(H,26,31)(H,27,30)/t18-,20-,22?/m0/s1. The number of hydrogen-bond donors (Lipinski definition) is 4. The summed E-state index contributed by atoms with van der Waals surface area (Å²) in [5, 5.41) is 19.0. The quantitative estimate of drug-likeness (QED) is 0.319. The number of rotatable bonds is 15. The Balaban J connectivity index is 2.61. The molecule has 0 aliphatic carbocycles. The zero-order valence-corrected chi connectivity index (χ0v) is 19.2. The van der Waals surface area contributed by atoms with E-state index in [1.807, 2.05) is 37.3 Å². The third kappa shape index (κ3) is 11.0. The maximum absolute atomic E-state index is 12.6. The topological polar surface area (TPSA) is 108 Å². The van der Waals surface area contributed by atoms with Crippen LogP contribution in [0.4, 0.5) is 0 Å². The first-order valence-corrected chi connectivity index (χ1v) is 11.5. The predicted octanol–water partition coefficient (Wildman–Crippen LogP) is 2.67. The molecule has 7 nitrogen and oxygen atoms in total. The van der Waals surface area contributed by atoms with Crippen LogP contribution >= 0.6 is 0 Å². The van der Waals surface area contributed by atoms with Crippen LogP contribution in [0.5, 0.6) is 0 Å². The van der Waals surface area contributed by atoms with Gasteiger partial charge in [0.1, 0.15) is 0 Å². The lowest BCUT2D eigenvalue weighted by molar-refractivity contribution is -0.133. The molecule has 1 aromatic rings. The molecule has 0 spiro atoms. The Bertz CT molecular complexity index is 666. The Morgan fingerprint density at radius 2 is 1.65 bits per heavy atom. The number of nitrogens with one attached hydrogen (secondary N) is 3. The van der Waals surface area contributed by atoms with Gasteiger partial charge in [0.05, 0.1) is 6.04 Å². The predicted molar refractivity (Wildman–Crippen MR) is 122 cm³/mol. The molecule has 0 fully saturated rings. The maximum Gasteiger partial charge on any atom is 0.251 e. The van der Waals surface area contributed by atoms with Crippen LogP contribution in [0.15, 0.2) is 30.3 Å². The van der Waals surface area contributed by atoms with Gasteiger partial charge in [-0.15, -0.1) is 0 Å². The van der Waals surface area contributed by atoms with Crippen LogP contribution in [-0.4, -0.2) is 41.5 Å². The van der Waals surface area contributed by atoms with Crippen molar-refractivity contribution < 1.29 is 19.5 Å². The van der Waals surface area contributed by atoms with Crippen LogP contribution in [0, 0.1) is 5.92 Å². The number of carbonyl (C=O) groups excluding carboxylic acids is 3. The van der Waals surface area contributed by atoms with Crippen LogP contribution in [0.25, 0.3) is 0 Å². The Labute approximate surface area is 186 Å². The zero-order chi connectivity index (χ0) is 23.1. The van der Waals surface area contributed by atoms with Crippen molar-refractivity contribution in [2.45, 2.75) is 84.4 Å². The normalized spacial score (nSPS) is 13.7. The van der Waals surface area contributed by atoms with Crippen molar-refractivity contribution in [2.24, 2.45) is 5.92 Å². The summed E-state index contributed by atoms with van der Waals surface area (Å²) in [6.07, 6.45) is 3.50. The van der Waals surface area contributed by atoms with Gasteiger partial charge in [-0.25, -0.2) is 0 Å². The summed E-state index contributed by atoms with van der Waals surface area (Å²) in [4.78, 5) is 36.9. The summed E-state index contributed by atoms with van der Waals surface area (Å²) in [5.41, 5.74) is 0.935. The van der Waals surface area contributed by atoms with E-state index in [1.54, 1.807) is 6.92 Å². The molecule has 0 saturated carbocycles. The fourth-order valence-corrected chi connectivity index (χ4v) is 3.15. The lowest BCUT2D eigenvalue weighted by Gasteiger charge is -2.25. The molecule has 0 aliphatic rings. The highest BCUT2D eigenvalue weighted by atomic mass is 16.3. The molecule has 31 heavy (non-hydrogen) atoms. The van der Waals surface area contributed by atoms with Gasteiger partial charge in [0.15, 0.2) is 6.10 Å². The van der Waals surface area contributed by atoms with Crippen molar-refractivity contribution in [3.8, 4) is 0 Å². The fraction of sp³-hybridized carbons (Fsp3) is 0.625. The fourth-order valence-electron chi connectivity index (χ4n) is 3.15. The van der Waals surface area contributed by atoms with Gasteiger partial charge in [0.25, 0.3) is 5.91 Å². The third-order valence-corrected chi connectivity index (χ3v) is 5.23. The first-order valence-electron chi connectivity index (χ1n) is 11.5. The van der Waals surface area contributed by atoms with E-state index in [-0.39, 0.29) is 24.2 Å². The summed E-state index contributed by atoms with van der Waals surface area (Å²) < 4.78 is 0. The Morgan fingerprint density at radius 3 is 2.29 bits per heavy atom. The number of carbonyl (C=O) groups is 3. The molecule has 0 radical (unpaired) electrons. The molecule has 174 valence electrons. The first-order chi connectivity index (χ1) is 14.9. The lowest BCUT2D eigenvalue weighted by atomic mass is 9.99. The van der Waals surface area contributed by atoms with Crippen molar-refractivity contribution in [3.63, 3.8) is 0 Å². The molecule has 0 aromatic heterocycles. The van der Waals surface area contributed by atoms with Gasteiger partial charge in [-0.2, -0.15) is 0 Å². The molecule has 1 aromatic carbocycles. The van der Waals surface area contributed by atoms with E-state index >= 15 is 0 Å². The zero-order valence-electron chi connectivity index (χ0n) is 19.2. The largest absolute Gasteiger partial charge is 0.381 e. The maximum atomic E-state index is 12.6. The van der Waals surface area contributed by atoms with Crippen LogP contribution in [0.1, 0.15) is 71.3 Å². The van der Waals surface area contributed by atoms with Gasteiger partial charge in [0, 0.05) is 25.4 Å². The monoisotopic (exact) mass is 433 g/mol. The highest BCUT2D eigenvalue weighted by molar-refractivity contribution is 5.84. The minimum absolute atomic E-state index is 0.0682. The number of amides is 3. The second-order valence-electron chi connectivity index (χ2n) is 8.05. The Hall–Kier alpha value is -2.41. The van der Waals surface area contributed by atoms with Crippen molar-refractivity contribution >= 4 is 17.7 Å². The molecule has 1 rings (SSSR count). The summed E-state index contributed by atoms with van der Waals surface area (Å²) in [6, 6.07) is 8.79. The van der Waals surface area contributed by atoms with Crippen LogP contribution < -0.4 is 16.0 Å². The molecule has 7 heteroatoms. The average molecular weight is 434 g/mol. The van der Waals surface area contributed by atoms with Crippen molar-refractivity contribution in [1.29, 1.82) is 0 Å². The van der Waals surface area contributed by atoms with Gasteiger partial charge in [0.2, 0.25) is 11.8 Å². The number of aliphatic hydroxyl groups is 1. The minimum Gasteiger partial charge on any atom is -0.381 e. The minimum atomic E-state index is -1.33. The molecular formula is C24H39N3O4. The van der Waals surface area contributed by atoms with Gasteiger partial charge >= 0.3 is 0 Å². The first kappa shape index (κ1) is 26.6. The van der Waals surface area contributed by atoms with E-state index in [4.69, 9.17) is 0 Å². The van der Waals surface area contributed by atoms with E-state index in [0.29, 0.717) is 25.9 Å². The number of aliphatic hydroxyl groups excluding tert-OH is 1. The Morgan fingerprint density at radius 1 is 0.935 bits per heavy atom. The Kier molecular flexibility index (Phi) is 13.2. The van der Waals surface area contributed by atoms with Gasteiger partial charge < -0.3 is 21.1 Å².